The topological polar surface area (TPSA) is 118 Å². The molecule has 0 unspecified atom stereocenters. The first-order chi connectivity index (χ1) is 21.2. The van der Waals surface area contributed by atoms with Crippen LogP contribution in [0, 0.1) is 22.0 Å². The summed E-state index contributed by atoms with van der Waals surface area (Å²) in [7, 11) is 0. The molecular formula is C33H21Cl2N3O6. The van der Waals surface area contributed by atoms with E-state index in [1.54, 1.807) is 0 Å². The van der Waals surface area contributed by atoms with E-state index >= 15 is 0 Å². The number of nitrogens with zero attached hydrogens (tertiary/aromatic N) is 3. The van der Waals surface area contributed by atoms with Gasteiger partial charge in [0.05, 0.1) is 21.8 Å². The molecule has 0 spiro atoms. The van der Waals surface area contributed by atoms with Gasteiger partial charge in [0.1, 0.15) is 12.1 Å². The van der Waals surface area contributed by atoms with E-state index in [2.05, 4.69) is 0 Å². The lowest BCUT2D eigenvalue weighted by Crippen LogP contribution is -2.52. The van der Waals surface area contributed by atoms with Gasteiger partial charge in [-0.2, -0.15) is 5.01 Å². The van der Waals surface area contributed by atoms with Gasteiger partial charge in [0.15, 0.2) is 5.78 Å². The molecule has 1 saturated heterocycles. The molecule has 2 atom stereocenters. The molecule has 0 radical (unpaired) electrons. The third-order valence-corrected chi connectivity index (χ3v) is 9.30. The Morgan fingerprint density at radius 1 is 0.750 bits per heavy atom. The normalized spacial score (nSPS) is 21.0. The molecule has 3 aliphatic carbocycles. The van der Waals surface area contributed by atoms with E-state index in [4.69, 9.17) is 23.2 Å². The second-order valence-corrected chi connectivity index (χ2v) is 11.8. The van der Waals surface area contributed by atoms with E-state index in [0.29, 0.717) is 0 Å². The Kier molecular flexibility index (Phi) is 6.60. The van der Waals surface area contributed by atoms with E-state index in [1.807, 2.05) is 48.5 Å². The van der Waals surface area contributed by atoms with Gasteiger partial charge in [-0.05, 0) is 46.5 Å². The average molecular weight is 626 g/mol. The summed E-state index contributed by atoms with van der Waals surface area (Å²) < 4.78 is 0. The average Bonchev–Trinajstić information content (AvgIpc) is 3.29. The number of amides is 3. The van der Waals surface area contributed by atoms with Crippen molar-refractivity contribution in [3.63, 3.8) is 0 Å². The molecule has 218 valence electrons. The van der Waals surface area contributed by atoms with Gasteiger partial charge < -0.3 is 0 Å². The van der Waals surface area contributed by atoms with Crippen molar-refractivity contribution in [1.82, 2.24) is 10.0 Å². The first-order valence-corrected chi connectivity index (χ1v) is 14.5. The number of nitro benzene ring substituents is 1. The van der Waals surface area contributed by atoms with Gasteiger partial charge in [0, 0.05) is 28.5 Å². The van der Waals surface area contributed by atoms with Crippen molar-refractivity contribution in [2.75, 3.05) is 6.54 Å². The lowest BCUT2D eigenvalue weighted by atomic mass is 9.55. The zero-order chi connectivity index (χ0) is 30.9. The number of imide groups is 1. The van der Waals surface area contributed by atoms with Crippen molar-refractivity contribution in [3.05, 3.63) is 145 Å². The Morgan fingerprint density at radius 2 is 1.25 bits per heavy atom. The van der Waals surface area contributed by atoms with Gasteiger partial charge in [-0.3, -0.25) is 29.3 Å². The fourth-order valence-corrected chi connectivity index (χ4v) is 7.54. The summed E-state index contributed by atoms with van der Waals surface area (Å²) >= 11 is 12.3. The maximum atomic E-state index is 14.4. The van der Waals surface area contributed by atoms with Crippen LogP contribution in [0.15, 0.2) is 91.0 Å². The predicted octanol–water partition coefficient (Wildman–Crippen LogP) is 6.03. The SMILES string of the molecule is O=C(CN(C(=O)c1ccccc1[N+](=O)[O-])N1C(=O)[C@@H]2C3c4ccccc4C(c4ccccc43)[C@@H]2C1=O)c1ccc(Cl)cc1Cl. The molecule has 4 aromatic carbocycles. The first-order valence-electron chi connectivity index (χ1n) is 13.8. The lowest BCUT2D eigenvalue weighted by molar-refractivity contribution is -0.385. The number of hydrogen-bond donors (Lipinski definition) is 0. The number of rotatable bonds is 6. The van der Waals surface area contributed by atoms with Crippen molar-refractivity contribution in [2.45, 2.75) is 11.8 Å². The molecule has 11 heteroatoms. The summed E-state index contributed by atoms with van der Waals surface area (Å²) in [6.07, 6.45) is 0. The second-order valence-electron chi connectivity index (χ2n) is 10.9. The highest BCUT2D eigenvalue weighted by molar-refractivity contribution is 6.37. The fourth-order valence-electron chi connectivity index (χ4n) is 7.02. The van der Waals surface area contributed by atoms with Crippen LogP contribution in [0.1, 0.15) is 54.8 Å². The Bertz CT molecular complexity index is 1830. The largest absolute Gasteiger partial charge is 0.292 e. The molecule has 9 nitrogen and oxygen atoms in total. The van der Waals surface area contributed by atoms with Crippen molar-refractivity contribution in [2.24, 2.45) is 11.8 Å². The van der Waals surface area contributed by atoms with Crippen molar-refractivity contribution in [3.8, 4) is 0 Å². The van der Waals surface area contributed by atoms with Gasteiger partial charge in [-0.25, -0.2) is 5.01 Å². The lowest BCUT2D eigenvalue weighted by Gasteiger charge is -2.45. The van der Waals surface area contributed by atoms with Gasteiger partial charge in [0.2, 0.25) is 0 Å². The number of benzene rings is 4. The number of carbonyl (C=O) groups is 4. The number of hydrazine groups is 1. The van der Waals surface area contributed by atoms with E-state index in [-0.39, 0.29) is 21.2 Å². The minimum Gasteiger partial charge on any atom is -0.292 e. The molecule has 0 N–H and O–H groups in total. The predicted molar refractivity (Wildman–Crippen MR) is 160 cm³/mol. The van der Waals surface area contributed by atoms with E-state index < -0.39 is 64.3 Å². The van der Waals surface area contributed by atoms with Crippen LogP contribution >= 0.6 is 23.2 Å². The third-order valence-electron chi connectivity index (χ3n) is 8.76. The molecule has 4 aromatic rings. The Morgan fingerprint density at radius 3 is 1.75 bits per heavy atom. The minimum atomic E-state index is -1.04. The van der Waals surface area contributed by atoms with Gasteiger partial charge in [-0.15, -0.1) is 0 Å². The van der Waals surface area contributed by atoms with E-state index in [1.165, 1.54) is 36.4 Å². The number of para-hydroxylation sites is 1. The zero-order valence-corrected chi connectivity index (χ0v) is 24.2. The summed E-state index contributed by atoms with van der Waals surface area (Å²) in [6.45, 7) is -0.779. The standard InChI is InChI=1S/C33H21Cl2N3O6/c34-17-13-14-22(24(35)15-17)26(39)16-36(31(40)23-11-5-6-12-25(23)38(43)44)37-32(41)29-27-18-7-1-2-8-19(18)28(30(29)33(37)42)21-10-4-3-9-20(21)27/h1-15,27-30H,16H2/t27?,28?,29-,30+. The van der Waals surface area contributed by atoms with Crippen LogP contribution < -0.4 is 0 Å². The maximum absolute atomic E-state index is 14.4. The molecule has 1 heterocycles. The molecule has 1 fully saturated rings. The van der Waals surface area contributed by atoms with E-state index in [9.17, 15) is 29.3 Å². The van der Waals surface area contributed by atoms with Crippen LogP contribution in [0.2, 0.25) is 10.0 Å². The molecule has 3 amide bonds. The van der Waals surface area contributed by atoms with Gasteiger partial charge >= 0.3 is 0 Å². The smallest absolute Gasteiger partial charge is 0.282 e. The van der Waals surface area contributed by atoms with Crippen molar-refractivity contribution < 1.29 is 24.1 Å². The number of hydrogen-bond acceptors (Lipinski definition) is 6. The van der Waals surface area contributed by atoms with E-state index in [0.717, 1.165) is 38.3 Å². The highest BCUT2D eigenvalue weighted by Crippen LogP contribution is 2.61. The van der Waals surface area contributed by atoms with Crippen LogP contribution in [0.3, 0.4) is 0 Å². The van der Waals surface area contributed by atoms with Gasteiger partial charge in [0.25, 0.3) is 23.4 Å². The number of carbonyl (C=O) groups excluding carboxylic acids is 4. The third kappa shape index (κ3) is 4.07. The summed E-state index contributed by atoms with van der Waals surface area (Å²) in [5.74, 6) is -5.63. The Labute approximate surface area is 260 Å². The first kappa shape index (κ1) is 27.9. The minimum absolute atomic E-state index is 0.00724. The highest BCUT2D eigenvalue weighted by Gasteiger charge is 2.63. The quantitative estimate of drug-likeness (QED) is 0.112. The molecule has 4 aliphatic rings. The molecule has 0 saturated carbocycles. The molecule has 1 aliphatic heterocycles. The van der Waals surface area contributed by atoms with Gasteiger partial charge in [-0.1, -0.05) is 83.9 Å². The van der Waals surface area contributed by atoms with Crippen LogP contribution in [-0.4, -0.2) is 45.0 Å². The summed E-state index contributed by atoms with van der Waals surface area (Å²) in [4.78, 5) is 67.7. The maximum Gasteiger partial charge on any atom is 0.282 e. The van der Waals surface area contributed by atoms with Crippen LogP contribution in [0.25, 0.3) is 0 Å². The monoisotopic (exact) mass is 625 g/mol. The molecule has 8 rings (SSSR count). The summed E-state index contributed by atoms with van der Waals surface area (Å²) in [5.41, 5.74) is 2.82. The second kappa shape index (κ2) is 10.4. The summed E-state index contributed by atoms with van der Waals surface area (Å²) in [5, 5.41) is 13.6. The fraction of sp³-hybridized carbons (Fsp3) is 0.152. The number of nitro groups is 1. The number of Topliss-reactive ketones (excluding diaryl/α,β-unsaturated/α-hetero) is 1. The van der Waals surface area contributed by atoms with Crippen LogP contribution in [0.5, 0.6) is 0 Å². The summed E-state index contributed by atoms with van der Waals surface area (Å²) in [6, 6.07) is 24.7. The molecular weight excluding hydrogens is 605 g/mol. The Balaban J connectivity index is 1.36. The zero-order valence-electron chi connectivity index (χ0n) is 22.7. The number of ketones is 1. The Hall–Kier alpha value is -4.86. The highest BCUT2D eigenvalue weighted by atomic mass is 35.5. The number of halogens is 2. The molecule has 2 bridgehead atoms. The van der Waals surface area contributed by atoms with Crippen molar-refractivity contribution >= 4 is 52.4 Å². The van der Waals surface area contributed by atoms with Crippen LogP contribution in [0.4, 0.5) is 5.69 Å². The van der Waals surface area contributed by atoms with Crippen molar-refractivity contribution in [1.29, 1.82) is 0 Å². The molecule has 44 heavy (non-hydrogen) atoms. The molecule has 0 aromatic heterocycles. The van der Waals surface area contributed by atoms with Crippen LogP contribution in [-0.2, 0) is 9.59 Å².